The lowest BCUT2D eigenvalue weighted by Crippen LogP contribution is -2.42. The molecule has 1 fully saturated rings. The number of amides is 1. The Morgan fingerprint density at radius 1 is 1.65 bits per heavy atom. The highest BCUT2D eigenvalue weighted by atomic mass is 16.2. The molecule has 5 nitrogen and oxygen atoms in total. The van der Waals surface area contributed by atoms with E-state index in [2.05, 4.69) is 29.6 Å². The molecule has 0 aromatic carbocycles. The average Bonchev–Trinajstić information content (AvgIpc) is 2.87. The summed E-state index contributed by atoms with van der Waals surface area (Å²) in [6.07, 6.45) is 4.39. The third kappa shape index (κ3) is 2.20. The Balaban J connectivity index is 2.12. The van der Waals surface area contributed by atoms with Crippen molar-refractivity contribution >= 4 is 11.6 Å². The minimum Gasteiger partial charge on any atom is -0.323 e. The standard InChI is InChI=1S/C12H20N4O/c1-9(2)12(4-5-13-8-12)11(17)15-10-6-14-16(3)7-10/h6-7,9,13H,4-5,8H2,1-3H3,(H,15,17). The highest BCUT2D eigenvalue weighted by Gasteiger charge is 2.43. The third-order valence-electron chi connectivity index (χ3n) is 3.71. The van der Waals surface area contributed by atoms with Crippen molar-refractivity contribution < 1.29 is 4.79 Å². The van der Waals surface area contributed by atoms with Crippen LogP contribution in [0, 0.1) is 11.3 Å². The summed E-state index contributed by atoms with van der Waals surface area (Å²) < 4.78 is 1.69. The molecule has 0 spiro atoms. The molecule has 2 rings (SSSR count). The molecule has 1 aliphatic heterocycles. The molecule has 1 aromatic heterocycles. The number of nitrogens with zero attached hydrogens (tertiary/aromatic N) is 2. The second-order valence-electron chi connectivity index (χ2n) is 5.09. The molecule has 5 heteroatoms. The van der Waals surface area contributed by atoms with Gasteiger partial charge in [-0.05, 0) is 18.9 Å². The van der Waals surface area contributed by atoms with E-state index in [9.17, 15) is 4.79 Å². The maximum absolute atomic E-state index is 12.4. The first-order chi connectivity index (χ1) is 8.04. The smallest absolute Gasteiger partial charge is 0.232 e. The Bertz CT molecular complexity index is 404. The van der Waals surface area contributed by atoms with E-state index in [-0.39, 0.29) is 11.3 Å². The molecule has 1 unspecified atom stereocenters. The van der Waals surface area contributed by atoms with Crippen molar-refractivity contribution in [2.45, 2.75) is 20.3 Å². The van der Waals surface area contributed by atoms with Crippen LogP contribution in [-0.4, -0.2) is 28.8 Å². The zero-order chi connectivity index (χ0) is 12.5. The van der Waals surface area contributed by atoms with Crippen molar-refractivity contribution in [3.8, 4) is 0 Å². The normalized spacial score (nSPS) is 24.2. The van der Waals surface area contributed by atoms with Gasteiger partial charge in [0, 0.05) is 19.8 Å². The highest BCUT2D eigenvalue weighted by molar-refractivity contribution is 5.95. The van der Waals surface area contributed by atoms with E-state index in [1.165, 1.54) is 0 Å². The molecular formula is C12H20N4O. The number of aryl methyl sites for hydroxylation is 1. The number of hydrogen-bond donors (Lipinski definition) is 2. The molecule has 1 aliphatic rings. The van der Waals surface area contributed by atoms with Crippen LogP contribution < -0.4 is 10.6 Å². The van der Waals surface area contributed by atoms with E-state index >= 15 is 0 Å². The Kier molecular flexibility index (Phi) is 3.19. The SMILES string of the molecule is CC(C)C1(C(=O)Nc2cnn(C)c2)CCNC1. The quantitative estimate of drug-likeness (QED) is 0.823. The summed E-state index contributed by atoms with van der Waals surface area (Å²) in [6.45, 7) is 5.89. The number of carbonyl (C=O) groups is 1. The van der Waals surface area contributed by atoms with Gasteiger partial charge in [0.05, 0.1) is 17.3 Å². The van der Waals surface area contributed by atoms with Gasteiger partial charge in [0.2, 0.25) is 5.91 Å². The molecule has 1 aromatic rings. The minimum atomic E-state index is -0.282. The number of hydrogen-bond acceptors (Lipinski definition) is 3. The van der Waals surface area contributed by atoms with E-state index in [0.29, 0.717) is 5.92 Å². The molecule has 94 valence electrons. The zero-order valence-electron chi connectivity index (χ0n) is 10.7. The van der Waals surface area contributed by atoms with Gasteiger partial charge in [-0.2, -0.15) is 5.10 Å². The molecular weight excluding hydrogens is 216 g/mol. The summed E-state index contributed by atoms with van der Waals surface area (Å²) in [6, 6.07) is 0. The second-order valence-corrected chi connectivity index (χ2v) is 5.09. The van der Waals surface area contributed by atoms with Crippen molar-refractivity contribution in [1.29, 1.82) is 0 Å². The number of anilines is 1. The van der Waals surface area contributed by atoms with Gasteiger partial charge >= 0.3 is 0 Å². The molecule has 1 amide bonds. The van der Waals surface area contributed by atoms with Gasteiger partial charge in [0.1, 0.15) is 0 Å². The van der Waals surface area contributed by atoms with Gasteiger partial charge in [0.15, 0.2) is 0 Å². The van der Waals surface area contributed by atoms with E-state index in [0.717, 1.165) is 25.2 Å². The Morgan fingerprint density at radius 3 is 2.88 bits per heavy atom. The molecule has 2 heterocycles. The first kappa shape index (κ1) is 12.1. The summed E-state index contributed by atoms with van der Waals surface area (Å²) in [5, 5.41) is 10.3. The Labute approximate surface area is 102 Å². The minimum absolute atomic E-state index is 0.102. The summed E-state index contributed by atoms with van der Waals surface area (Å²) in [4.78, 5) is 12.4. The van der Waals surface area contributed by atoms with Gasteiger partial charge in [-0.15, -0.1) is 0 Å². The summed E-state index contributed by atoms with van der Waals surface area (Å²) in [5.74, 6) is 0.430. The fraction of sp³-hybridized carbons (Fsp3) is 0.667. The molecule has 1 atom stereocenters. The topological polar surface area (TPSA) is 59.0 Å². The number of rotatable bonds is 3. The van der Waals surface area contributed by atoms with Crippen LogP contribution >= 0.6 is 0 Å². The van der Waals surface area contributed by atoms with Crippen LogP contribution in [-0.2, 0) is 11.8 Å². The van der Waals surface area contributed by atoms with Crippen molar-refractivity contribution in [2.24, 2.45) is 18.4 Å². The maximum Gasteiger partial charge on any atom is 0.232 e. The molecule has 2 N–H and O–H groups in total. The average molecular weight is 236 g/mol. The number of carbonyl (C=O) groups excluding carboxylic acids is 1. The van der Waals surface area contributed by atoms with Gasteiger partial charge in [-0.1, -0.05) is 13.8 Å². The van der Waals surface area contributed by atoms with Crippen molar-refractivity contribution in [3.05, 3.63) is 12.4 Å². The molecule has 17 heavy (non-hydrogen) atoms. The van der Waals surface area contributed by atoms with E-state index in [4.69, 9.17) is 0 Å². The van der Waals surface area contributed by atoms with Gasteiger partial charge in [-0.25, -0.2) is 0 Å². The molecule has 0 aliphatic carbocycles. The van der Waals surface area contributed by atoms with Crippen LogP contribution in [0.25, 0.3) is 0 Å². The molecule has 1 saturated heterocycles. The van der Waals surface area contributed by atoms with Gasteiger partial charge < -0.3 is 10.6 Å². The maximum atomic E-state index is 12.4. The number of aromatic nitrogens is 2. The van der Waals surface area contributed by atoms with Crippen LogP contribution in [0.15, 0.2) is 12.4 Å². The zero-order valence-corrected chi connectivity index (χ0v) is 10.7. The molecule has 0 saturated carbocycles. The monoisotopic (exact) mass is 236 g/mol. The van der Waals surface area contributed by atoms with Crippen LogP contribution in [0.2, 0.25) is 0 Å². The lowest BCUT2D eigenvalue weighted by molar-refractivity contribution is -0.126. The Morgan fingerprint density at radius 2 is 2.41 bits per heavy atom. The third-order valence-corrected chi connectivity index (χ3v) is 3.71. The predicted octanol–water partition coefficient (Wildman–Crippen LogP) is 0.994. The molecule has 0 bridgehead atoms. The molecule has 0 radical (unpaired) electrons. The lowest BCUT2D eigenvalue weighted by Gasteiger charge is -2.30. The fourth-order valence-electron chi connectivity index (χ4n) is 2.40. The van der Waals surface area contributed by atoms with E-state index in [1.807, 2.05) is 13.2 Å². The number of nitrogens with one attached hydrogen (secondary N) is 2. The van der Waals surface area contributed by atoms with Crippen LogP contribution in [0.5, 0.6) is 0 Å². The Hall–Kier alpha value is -1.36. The summed E-state index contributed by atoms with van der Waals surface area (Å²) in [5.41, 5.74) is 0.486. The van der Waals surface area contributed by atoms with Crippen LogP contribution in [0.4, 0.5) is 5.69 Å². The second kappa shape index (κ2) is 4.49. The van der Waals surface area contributed by atoms with Crippen LogP contribution in [0.1, 0.15) is 20.3 Å². The van der Waals surface area contributed by atoms with E-state index in [1.54, 1.807) is 10.9 Å². The van der Waals surface area contributed by atoms with Crippen molar-refractivity contribution in [3.63, 3.8) is 0 Å². The fourth-order valence-corrected chi connectivity index (χ4v) is 2.40. The van der Waals surface area contributed by atoms with Gasteiger partial charge in [0.25, 0.3) is 0 Å². The van der Waals surface area contributed by atoms with Crippen molar-refractivity contribution in [1.82, 2.24) is 15.1 Å². The van der Waals surface area contributed by atoms with Crippen LogP contribution in [0.3, 0.4) is 0 Å². The van der Waals surface area contributed by atoms with Gasteiger partial charge in [-0.3, -0.25) is 9.48 Å². The lowest BCUT2D eigenvalue weighted by atomic mass is 9.75. The summed E-state index contributed by atoms with van der Waals surface area (Å²) >= 11 is 0. The van der Waals surface area contributed by atoms with Crippen molar-refractivity contribution in [2.75, 3.05) is 18.4 Å². The largest absolute Gasteiger partial charge is 0.323 e. The highest BCUT2D eigenvalue weighted by Crippen LogP contribution is 2.35. The first-order valence-corrected chi connectivity index (χ1v) is 6.05. The summed E-state index contributed by atoms with van der Waals surface area (Å²) in [7, 11) is 1.84. The van der Waals surface area contributed by atoms with E-state index < -0.39 is 0 Å². The predicted molar refractivity (Wildman–Crippen MR) is 66.6 cm³/mol. The first-order valence-electron chi connectivity index (χ1n) is 6.05.